The monoisotopic (exact) mass is 462 g/mol. The Bertz CT molecular complexity index is 1320. The number of carboxylic acids is 1. The number of carbonyl (C=O) groups is 3. The van der Waals surface area contributed by atoms with Crippen LogP contribution in [0.15, 0.2) is 103 Å². The van der Waals surface area contributed by atoms with Crippen LogP contribution in [0.2, 0.25) is 0 Å². The first-order valence-corrected chi connectivity index (χ1v) is 11.6. The number of carbonyl (C=O) groups excluding carboxylic acids is 3. The standard InChI is InChI=1S/C30H25NO4/c1-18(32)21-13-8-14-22(17-21)31-29(33)27-23-15-16-24(28(27)30(34)35)26(23)25(19-9-4-2-5-10-19)20-11-6-3-7-12-20/h2-17,23-24,27-28H,1H3,(H,31,33)(H,34,35)/p-1/t23-,24+,27+,28-/m0/s1. The van der Waals surface area contributed by atoms with Crippen LogP contribution in [0.1, 0.15) is 28.4 Å². The molecule has 3 aromatic carbocycles. The minimum Gasteiger partial charge on any atom is -0.550 e. The van der Waals surface area contributed by atoms with E-state index in [1.807, 2.05) is 72.8 Å². The second kappa shape index (κ2) is 9.18. The second-order valence-electron chi connectivity index (χ2n) is 9.00. The summed E-state index contributed by atoms with van der Waals surface area (Å²) >= 11 is 0. The molecule has 5 heteroatoms. The van der Waals surface area contributed by atoms with Crippen molar-refractivity contribution in [2.24, 2.45) is 23.7 Å². The molecule has 1 fully saturated rings. The lowest BCUT2D eigenvalue weighted by atomic mass is 9.82. The molecule has 0 aromatic heterocycles. The molecule has 5 rings (SSSR count). The van der Waals surface area contributed by atoms with Gasteiger partial charge >= 0.3 is 0 Å². The predicted octanol–water partition coefficient (Wildman–Crippen LogP) is 4.13. The van der Waals surface area contributed by atoms with Crippen molar-refractivity contribution in [3.63, 3.8) is 0 Å². The van der Waals surface area contributed by atoms with Crippen molar-refractivity contribution in [3.05, 3.63) is 119 Å². The van der Waals surface area contributed by atoms with Crippen molar-refractivity contribution in [1.82, 2.24) is 0 Å². The van der Waals surface area contributed by atoms with Gasteiger partial charge < -0.3 is 15.2 Å². The molecular formula is C30H24NO4-. The van der Waals surface area contributed by atoms with Gasteiger partial charge in [-0.15, -0.1) is 0 Å². The van der Waals surface area contributed by atoms with E-state index in [2.05, 4.69) is 5.32 Å². The Balaban J connectivity index is 1.60. The van der Waals surface area contributed by atoms with E-state index >= 15 is 0 Å². The van der Waals surface area contributed by atoms with Crippen LogP contribution in [0, 0.1) is 23.7 Å². The number of benzene rings is 3. The molecule has 0 unspecified atom stereocenters. The Kier molecular flexibility index (Phi) is 5.91. The van der Waals surface area contributed by atoms with E-state index in [1.54, 1.807) is 24.3 Å². The molecule has 35 heavy (non-hydrogen) atoms. The fourth-order valence-electron chi connectivity index (χ4n) is 5.45. The number of hydrogen-bond donors (Lipinski definition) is 1. The molecule has 1 amide bonds. The van der Waals surface area contributed by atoms with Crippen LogP contribution in [0.3, 0.4) is 0 Å². The van der Waals surface area contributed by atoms with Gasteiger partial charge in [0.1, 0.15) is 0 Å². The van der Waals surface area contributed by atoms with Crippen LogP contribution >= 0.6 is 0 Å². The fourth-order valence-corrected chi connectivity index (χ4v) is 5.45. The lowest BCUT2D eigenvalue weighted by Gasteiger charge is -2.27. The lowest BCUT2D eigenvalue weighted by Crippen LogP contribution is -2.42. The van der Waals surface area contributed by atoms with E-state index < -0.39 is 29.6 Å². The first-order chi connectivity index (χ1) is 17.0. The molecule has 5 nitrogen and oxygen atoms in total. The lowest BCUT2D eigenvalue weighted by molar-refractivity contribution is -0.313. The smallest absolute Gasteiger partial charge is 0.229 e. The van der Waals surface area contributed by atoms with Gasteiger partial charge in [-0.2, -0.15) is 0 Å². The average Bonchev–Trinajstić information content (AvgIpc) is 3.42. The van der Waals surface area contributed by atoms with E-state index in [4.69, 9.17) is 0 Å². The molecular weight excluding hydrogens is 438 g/mol. The summed E-state index contributed by atoms with van der Waals surface area (Å²) in [6.45, 7) is 1.46. The van der Waals surface area contributed by atoms with Crippen molar-refractivity contribution in [2.45, 2.75) is 6.92 Å². The summed E-state index contributed by atoms with van der Waals surface area (Å²) < 4.78 is 0. The molecule has 0 heterocycles. The molecule has 1 saturated carbocycles. The van der Waals surface area contributed by atoms with Crippen LogP contribution in [0.5, 0.6) is 0 Å². The van der Waals surface area contributed by atoms with E-state index in [0.717, 1.165) is 22.3 Å². The van der Waals surface area contributed by atoms with Gasteiger partial charge in [0.15, 0.2) is 5.78 Å². The number of Topliss-reactive ketones (excluding diaryl/α,β-unsaturated/α-hetero) is 1. The molecule has 0 radical (unpaired) electrons. The third-order valence-corrected chi connectivity index (χ3v) is 6.93. The maximum absolute atomic E-state index is 13.5. The zero-order valence-corrected chi connectivity index (χ0v) is 19.2. The van der Waals surface area contributed by atoms with Crippen LogP contribution in [0.25, 0.3) is 5.57 Å². The molecule has 2 aliphatic rings. The van der Waals surface area contributed by atoms with E-state index in [-0.39, 0.29) is 11.7 Å². The summed E-state index contributed by atoms with van der Waals surface area (Å²) in [5.74, 6) is -4.38. The van der Waals surface area contributed by atoms with Crippen LogP contribution < -0.4 is 10.4 Å². The van der Waals surface area contributed by atoms with Gasteiger partial charge in [-0.3, -0.25) is 9.59 Å². The molecule has 174 valence electrons. The van der Waals surface area contributed by atoms with Crippen molar-refractivity contribution >= 4 is 28.9 Å². The SMILES string of the molecule is CC(=O)c1cccc(NC(=O)[C@H]2[C@@H](C(=O)[O-])[C@@H]3C=C[C@H]2C3=C(c2ccccc2)c2ccccc2)c1. The van der Waals surface area contributed by atoms with Gasteiger partial charge in [-0.05, 0) is 41.3 Å². The molecule has 1 N–H and O–H groups in total. The van der Waals surface area contributed by atoms with Crippen molar-refractivity contribution < 1.29 is 19.5 Å². The highest BCUT2D eigenvalue weighted by Crippen LogP contribution is 2.55. The third kappa shape index (κ3) is 4.10. The van der Waals surface area contributed by atoms with Crippen molar-refractivity contribution in [2.75, 3.05) is 5.32 Å². The number of carboxylic acid groups (broad SMARTS) is 1. The molecule has 4 atom stereocenters. The number of nitrogens with one attached hydrogen (secondary N) is 1. The summed E-state index contributed by atoms with van der Waals surface area (Å²) in [6.07, 6.45) is 3.84. The molecule has 2 aliphatic carbocycles. The van der Waals surface area contributed by atoms with Gasteiger partial charge in [0, 0.05) is 35.0 Å². The molecule has 0 aliphatic heterocycles. The maximum atomic E-state index is 13.5. The Morgan fingerprint density at radius 2 is 1.26 bits per heavy atom. The first-order valence-electron chi connectivity index (χ1n) is 11.6. The quantitative estimate of drug-likeness (QED) is 0.441. The number of anilines is 1. The second-order valence-corrected chi connectivity index (χ2v) is 9.00. The first kappa shape index (κ1) is 22.5. The number of aliphatic carboxylic acids is 1. The summed E-state index contributed by atoms with van der Waals surface area (Å²) in [6, 6.07) is 26.4. The minimum atomic E-state index is -1.24. The van der Waals surface area contributed by atoms with E-state index in [9.17, 15) is 19.5 Å². The number of hydrogen-bond acceptors (Lipinski definition) is 4. The number of fused-ring (bicyclic) bond motifs is 2. The Morgan fingerprint density at radius 3 is 1.80 bits per heavy atom. The largest absolute Gasteiger partial charge is 0.550 e. The Morgan fingerprint density at radius 1 is 0.714 bits per heavy atom. The third-order valence-electron chi connectivity index (χ3n) is 6.93. The van der Waals surface area contributed by atoms with Crippen LogP contribution in [0.4, 0.5) is 5.69 Å². The number of ketones is 1. The van der Waals surface area contributed by atoms with Gasteiger partial charge in [-0.25, -0.2) is 0 Å². The maximum Gasteiger partial charge on any atom is 0.229 e. The Labute approximate surface area is 203 Å². The van der Waals surface area contributed by atoms with Gasteiger partial charge in [0.25, 0.3) is 0 Å². The summed E-state index contributed by atoms with van der Waals surface area (Å²) in [4.78, 5) is 37.6. The van der Waals surface area contributed by atoms with Gasteiger partial charge in [0.05, 0.1) is 5.92 Å². The van der Waals surface area contributed by atoms with Gasteiger partial charge in [-0.1, -0.05) is 84.9 Å². The topological polar surface area (TPSA) is 86.3 Å². The highest BCUT2D eigenvalue weighted by molar-refractivity contribution is 6.00. The van der Waals surface area contributed by atoms with Crippen LogP contribution in [-0.4, -0.2) is 17.7 Å². The molecule has 0 spiro atoms. The summed E-state index contributed by atoms with van der Waals surface area (Å²) in [7, 11) is 0. The summed E-state index contributed by atoms with van der Waals surface area (Å²) in [5.41, 5.74) is 4.76. The zero-order valence-electron chi connectivity index (χ0n) is 19.2. The number of allylic oxidation sites excluding steroid dienone is 3. The predicted molar refractivity (Wildman–Crippen MR) is 132 cm³/mol. The van der Waals surface area contributed by atoms with E-state index in [1.165, 1.54) is 6.92 Å². The van der Waals surface area contributed by atoms with Crippen molar-refractivity contribution in [3.8, 4) is 0 Å². The number of amides is 1. The van der Waals surface area contributed by atoms with Gasteiger partial charge in [0.2, 0.25) is 5.91 Å². The summed E-state index contributed by atoms with van der Waals surface area (Å²) in [5, 5.41) is 15.2. The zero-order chi connectivity index (χ0) is 24.5. The van der Waals surface area contributed by atoms with E-state index in [0.29, 0.717) is 11.3 Å². The van der Waals surface area contributed by atoms with Crippen LogP contribution in [-0.2, 0) is 9.59 Å². The minimum absolute atomic E-state index is 0.114. The normalized spacial score (nSPS) is 22.1. The van der Waals surface area contributed by atoms with Crippen molar-refractivity contribution in [1.29, 1.82) is 0 Å². The molecule has 2 bridgehead atoms. The number of rotatable bonds is 6. The highest BCUT2D eigenvalue weighted by atomic mass is 16.4. The fraction of sp³-hybridized carbons (Fsp3) is 0.167. The Hall–Kier alpha value is -4.25. The molecule has 3 aromatic rings. The molecule has 0 saturated heterocycles. The average molecular weight is 463 g/mol. The highest BCUT2D eigenvalue weighted by Gasteiger charge is 2.53.